The van der Waals surface area contributed by atoms with E-state index < -0.39 is 5.54 Å². The molecular formula is C16H27NO2. The van der Waals surface area contributed by atoms with Crippen molar-refractivity contribution in [2.24, 2.45) is 0 Å². The highest BCUT2D eigenvalue weighted by Crippen LogP contribution is 2.27. The van der Waals surface area contributed by atoms with Gasteiger partial charge in [-0.25, -0.2) is 0 Å². The SMILES string of the molecule is CNC(C)(CO)COc1ccc(C(C)(C)C)cc1C. The van der Waals surface area contributed by atoms with Gasteiger partial charge in [0.2, 0.25) is 0 Å². The van der Waals surface area contributed by atoms with Gasteiger partial charge in [0.1, 0.15) is 12.4 Å². The van der Waals surface area contributed by atoms with Crippen LogP contribution < -0.4 is 10.1 Å². The number of aliphatic hydroxyl groups is 1. The van der Waals surface area contributed by atoms with Crippen molar-refractivity contribution >= 4 is 0 Å². The Labute approximate surface area is 117 Å². The fraction of sp³-hybridized carbons (Fsp3) is 0.625. The zero-order chi connectivity index (χ0) is 14.7. The molecule has 1 unspecified atom stereocenters. The molecule has 0 aliphatic heterocycles. The second-order valence-corrected chi connectivity index (χ2v) is 6.49. The van der Waals surface area contributed by atoms with E-state index in [1.807, 2.05) is 20.0 Å². The van der Waals surface area contributed by atoms with Crippen LogP contribution in [-0.2, 0) is 5.41 Å². The number of hydrogen-bond donors (Lipinski definition) is 2. The molecule has 0 fully saturated rings. The van der Waals surface area contributed by atoms with E-state index in [2.05, 4.69) is 45.1 Å². The molecule has 0 aliphatic rings. The van der Waals surface area contributed by atoms with Crippen molar-refractivity contribution in [1.29, 1.82) is 0 Å². The third kappa shape index (κ3) is 4.22. The number of nitrogens with one attached hydrogen (secondary N) is 1. The van der Waals surface area contributed by atoms with E-state index in [4.69, 9.17) is 4.74 Å². The molecular weight excluding hydrogens is 238 g/mol. The van der Waals surface area contributed by atoms with Gasteiger partial charge >= 0.3 is 0 Å². The Balaban J connectivity index is 2.82. The van der Waals surface area contributed by atoms with E-state index in [1.54, 1.807) is 0 Å². The van der Waals surface area contributed by atoms with Gasteiger partial charge in [-0.05, 0) is 43.5 Å². The lowest BCUT2D eigenvalue weighted by Gasteiger charge is -2.27. The minimum absolute atomic E-state index is 0.0443. The van der Waals surface area contributed by atoms with Crippen LogP contribution in [0.5, 0.6) is 5.75 Å². The Morgan fingerprint density at radius 1 is 1.21 bits per heavy atom. The van der Waals surface area contributed by atoms with Gasteiger partial charge in [0.25, 0.3) is 0 Å². The van der Waals surface area contributed by atoms with E-state index in [0.29, 0.717) is 6.61 Å². The maximum absolute atomic E-state index is 9.34. The van der Waals surface area contributed by atoms with Gasteiger partial charge in [-0.2, -0.15) is 0 Å². The fourth-order valence-corrected chi connectivity index (χ4v) is 1.71. The smallest absolute Gasteiger partial charge is 0.122 e. The Hall–Kier alpha value is -1.06. The lowest BCUT2D eigenvalue weighted by atomic mass is 9.86. The minimum atomic E-state index is -0.408. The zero-order valence-corrected chi connectivity index (χ0v) is 13.0. The highest BCUT2D eigenvalue weighted by Gasteiger charge is 2.22. The second kappa shape index (κ2) is 5.93. The summed E-state index contributed by atoms with van der Waals surface area (Å²) in [5, 5.41) is 12.4. The van der Waals surface area contributed by atoms with Crippen molar-refractivity contribution < 1.29 is 9.84 Å². The third-order valence-electron chi connectivity index (χ3n) is 3.54. The molecule has 0 amide bonds. The molecule has 0 heterocycles. The van der Waals surface area contributed by atoms with Gasteiger partial charge in [-0.15, -0.1) is 0 Å². The van der Waals surface area contributed by atoms with Crippen molar-refractivity contribution in [2.75, 3.05) is 20.3 Å². The van der Waals surface area contributed by atoms with Gasteiger partial charge in [0.15, 0.2) is 0 Å². The number of aliphatic hydroxyl groups excluding tert-OH is 1. The Kier molecular flexibility index (Phi) is 4.99. The maximum atomic E-state index is 9.34. The van der Waals surface area contributed by atoms with Crippen LogP contribution in [0.4, 0.5) is 0 Å². The van der Waals surface area contributed by atoms with Gasteiger partial charge < -0.3 is 15.2 Å². The van der Waals surface area contributed by atoms with Crippen LogP contribution in [0.3, 0.4) is 0 Å². The molecule has 1 atom stereocenters. The molecule has 0 spiro atoms. The predicted molar refractivity (Wildman–Crippen MR) is 79.9 cm³/mol. The molecule has 3 nitrogen and oxygen atoms in total. The molecule has 0 saturated carbocycles. The summed E-state index contributed by atoms with van der Waals surface area (Å²) >= 11 is 0. The number of ether oxygens (including phenoxy) is 1. The van der Waals surface area contributed by atoms with E-state index >= 15 is 0 Å². The van der Waals surface area contributed by atoms with Crippen molar-refractivity contribution in [2.45, 2.75) is 45.6 Å². The van der Waals surface area contributed by atoms with Crippen LogP contribution in [0.1, 0.15) is 38.8 Å². The largest absolute Gasteiger partial charge is 0.491 e. The molecule has 2 N–H and O–H groups in total. The van der Waals surface area contributed by atoms with Crippen LogP contribution >= 0.6 is 0 Å². The first-order chi connectivity index (χ1) is 8.72. The Morgan fingerprint density at radius 2 is 1.84 bits per heavy atom. The van der Waals surface area contributed by atoms with Gasteiger partial charge in [-0.1, -0.05) is 32.9 Å². The standard InChI is InChI=1S/C16H27NO2/c1-12-9-13(15(2,3)4)7-8-14(12)19-11-16(5,10-18)17-6/h7-9,17-18H,10-11H2,1-6H3. The van der Waals surface area contributed by atoms with Crippen LogP contribution in [0, 0.1) is 6.92 Å². The number of likely N-dealkylation sites (N-methyl/N-ethyl adjacent to an activating group) is 1. The third-order valence-corrected chi connectivity index (χ3v) is 3.54. The first-order valence-corrected chi connectivity index (χ1v) is 6.75. The number of rotatable bonds is 5. The van der Waals surface area contributed by atoms with Crippen molar-refractivity contribution in [3.05, 3.63) is 29.3 Å². The van der Waals surface area contributed by atoms with Crippen LogP contribution in [0.25, 0.3) is 0 Å². The van der Waals surface area contributed by atoms with E-state index in [0.717, 1.165) is 11.3 Å². The predicted octanol–water partition coefficient (Wildman–Crippen LogP) is 2.64. The maximum Gasteiger partial charge on any atom is 0.122 e. The molecule has 1 aromatic rings. The van der Waals surface area contributed by atoms with Gasteiger partial charge in [0, 0.05) is 0 Å². The number of aryl methyl sites for hydroxylation is 1. The second-order valence-electron chi connectivity index (χ2n) is 6.49. The lowest BCUT2D eigenvalue weighted by molar-refractivity contribution is 0.122. The summed E-state index contributed by atoms with van der Waals surface area (Å²) in [6.45, 7) is 11.1. The monoisotopic (exact) mass is 265 g/mol. The van der Waals surface area contributed by atoms with Crippen molar-refractivity contribution in [3.8, 4) is 5.75 Å². The molecule has 19 heavy (non-hydrogen) atoms. The minimum Gasteiger partial charge on any atom is -0.491 e. The van der Waals surface area contributed by atoms with Gasteiger partial charge in [-0.3, -0.25) is 0 Å². The molecule has 0 radical (unpaired) electrons. The molecule has 1 aromatic carbocycles. The normalized spacial score (nSPS) is 15.1. The average molecular weight is 265 g/mol. The molecule has 0 bridgehead atoms. The number of hydrogen-bond acceptors (Lipinski definition) is 3. The van der Waals surface area contributed by atoms with E-state index in [-0.39, 0.29) is 12.0 Å². The summed E-state index contributed by atoms with van der Waals surface area (Å²) in [6.07, 6.45) is 0. The first kappa shape index (κ1) is 16.0. The highest BCUT2D eigenvalue weighted by molar-refractivity contribution is 5.38. The number of benzene rings is 1. The summed E-state index contributed by atoms with van der Waals surface area (Å²) in [4.78, 5) is 0. The molecule has 0 aromatic heterocycles. The Morgan fingerprint density at radius 3 is 2.26 bits per heavy atom. The molecule has 0 saturated heterocycles. The summed E-state index contributed by atoms with van der Waals surface area (Å²) in [5.74, 6) is 0.878. The van der Waals surface area contributed by atoms with Crippen LogP contribution in [0.15, 0.2) is 18.2 Å². The topological polar surface area (TPSA) is 41.5 Å². The average Bonchev–Trinajstić information content (AvgIpc) is 2.35. The van der Waals surface area contributed by atoms with Crippen LogP contribution in [0.2, 0.25) is 0 Å². The summed E-state index contributed by atoms with van der Waals surface area (Å²) in [5.41, 5.74) is 2.17. The van der Waals surface area contributed by atoms with E-state index in [9.17, 15) is 5.11 Å². The lowest BCUT2D eigenvalue weighted by Crippen LogP contribution is -2.48. The van der Waals surface area contributed by atoms with Crippen molar-refractivity contribution in [1.82, 2.24) is 5.32 Å². The summed E-state index contributed by atoms with van der Waals surface area (Å²) < 4.78 is 5.83. The van der Waals surface area contributed by atoms with Crippen LogP contribution in [-0.4, -0.2) is 30.9 Å². The molecule has 1 rings (SSSR count). The highest BCUT2D eigenvalue weighted by atomic mass is 16.5. The Bertz CT molecular complexity index is 417. The molecule has 3 heteroatoms. The summed E-state index contributed by atoms with van der Waals surface area (Å²) in [7, 11) is 1.83. The van der Waals surface area contributed by atoms with Gasteiger partial charge in [0.05, 0.1) is 12.1 Å². The quantitative estimate of drug-likeness (QED) is 0.860. The fourth-order valence-electron chi connectivity index (χ4n) is 1.71. The summed E-state index contributed by atoms with van der Waals surface area (Å²) in [6, 6.07) is 6.30. The van der Waals surface area contributed by atoms with Crippen molar-refractivity contribution in [3.63, 3.8) is 0 Å². The first-order valence-electron chi connectivity index (χ1n) is 6.75. The molecule has 108 valence electrons. The molecule has 0 aliphatic carbocycles. The van der Waals surface area contributed by atoms with E-state index in [1.165, 1.54) is 5.56 Å². The zero-order valence-electron chi connectivity index (χ0n) is 13.0.